The Hall–Kier alpha value is -0.450. The Balaban J connectivity index is 2.53. The number of rotatable bonds is 0. The molecule has 0 saturated carbocycles. The van der Waals surface area contributed by atoms with Crippen molar-refractivity contribution in [2.45, 2.75) is 19.3 Å². The molecule has 1 aliphatic rings. The fraction of sp³-hybridized carbons (Fsp3) is 0.300. The molecule has 0 unspecified atom stereocenters. The second-order valence-electron chi connectivity index (χ2n) is 3.21. The third-order valence-electron chi connectivity index (χ3n) is 2.33. The smallest absolute Gasteiger partial charge is 0.140 e. The fourth-order valence-electron chi connectivity index (χ4n) is 1.63. The number of hydrogen-bond acceptors (Lipinski definition) is 1. The van der Waals surface area contributed by atoms with E-state index in [0.717, 1.165) is 11.1 Å². The van der Waals surface area contributed by atoms with Crippen LogP contribution < -0.4 is 0 Å². The number of carbonyl (C=O) groups excluding carboxylic acids is 1. The van der Waals surface area contributed by atoms with Crippen molar-refractivity contribution in [2.75, 3.05) is 0 Å². The van der Waals surface area contributed by atoms with E-state index in [1.54, 1.807) is 6.07 Å². The fourth-order valence-corrected chi connectivity index (χ4v) is 2.14. The van der Waals surface area contributed by atoms with Gasteiger partial charge in [-0.1, -0.05) is 6.07 Å². The number of Topliss-reactive ketones (excluding diaryl/α,β-unsaturated/α-hetero) is 1. The van der Waals surface area contributed by atoms with Gasteiger partial charge in [0.25, 0.3) is 0 Å². The van der Waals surface area contributed by atoms with E-state index in [-0.39, 0.29) is 11.6 Å². The summed E-state index contributed by atoms with van der Waals surface area (Å²) in [6.45, 7) is 0. The molecule has 1 nitrogen and oxygen atoms in total. The molecule has 0 saturated heterocycles. The molecule has 2 rings (SSSR count). The molecular formula is C10H8FIO. The van der Waals surface area contributed by atoms with E-state index < -0.39 is 0 Å². The van der Waals surface area contributed by atoms with Crippen LogP contribution in [0, 0.1) is 9.39 Å². The Labute approximate surface area is 89.5 Å². The lowest BCUT2D eigenvalue weighted by Gasteiger charge is -2.15. The van der Waals surface area contributed by atoms with Crippen molar-refractivity contribution in [1.29, 1.82) is 0 Å². The van der Waals surface area contributed by atoms with Crippen molar-refractivity contribution in [3.8, 4) is 0 Å². The van der Waals surface area contributed by atoms with Crippen LogP contribution in [0.2, 0.25) is 0 Å². The van der Waals surface area contributed by atoms with Gasteiger partial charge in [0.15, 0.2) is 0 Å². The maximum Gasteiger partial charge on any atom is 0.140 e. The van der Waals surface area contributed by atoms with Gasteiger partial charge in [-0.2, -0.15) is 0 Å². The summed E-state index contributed by atoms with van der Waals surface area (Å²) in [5.41, 5.74) is 1.61. The van der Waals surface area contributed by atoms with E-state index in [1.807, 2.05) is 28.7 Å². The Kier molecular flexibility index (Phi) is 2.36. The van der Waals surface area contributed by atoms with Crippen LogP contribution in [0.5, 0.6) is 0 Å². The van der Waals surface area contributed by atoms with Gasteiger partial charge in [-0.05, 0) is 46.2 Å². The highest BCUT2D eigenvalue weighted by molar-refractivity contribution is 14.1. The molecule has 68 valence electrons. The summed E-state index contributed by atoms with van der Waals surface area (Å²) in [5, 5.41) is 0. The molecule has 0 amide bonds. The third kappa shape index (κ3) is 1.61. The Morgan fingerprint density at radius 1 is 1.31 bits per heavy atom. The topological polar surface area (TPSA) is 17.1 Å². The molecule has 0 radical (unpaired) electrons. The summed E-state index contributed by atoms with van der Waals surface area (Å²) in [6, 6.07) is 3.59. The highest BCUT2D eigenvalue weighted by Crippen LogP contribution is 2.25. The SMILES string of the molecule is O=C1CCc2c(ccc(I)c2F)C1. The standard InChI is InChI=1S/C10H8FIO/c11-10-8-3-2-7(13)5-6(8)1-4-9(10)12/h1,4H,2-3,5H2. The van der Waals surface area contributed by atoms with Gasteiger partial charge in [-0.3, -0.25) is 4.79 Å². The van der Waals surface area contributed by atoms with Crippen molar-refractivity contribution in [2.24, 2.45) is 0 Å². The molecule has 0 spiro atoms. The van der Waals surface area contributed by atoms with Crippen molar-refractivity contribution in [3.05, 3.63) is 32.6 Å². The molecule has 0 N–H and O–H groups in total. The first-order valence-electron chi connectivity index (χ1n) is 4.16. The van der Waals surface area contributed by atoms with Crippen LogP contribution in [-0.2, 0) is 17.6 Å². The van der Waals surface area contributed by atoms with Gasteiger partial charge in [0, 0.05) is 16.4 Å². The summed E-state index contributed by atoms with van der Waals surface area (Å²) in [7, 11) is 0. The number of benzene rings is 1. The largest absolute Gasteiger partial charge is 0.299 e. The summed E-state index contributed by atoms with van der Waals surface area (Å²) in [6.07, 6.45) is 1.46. The minimum atomic E-state index is -0.134. The first-order valence-corrected chi connectivity index (χ1v) is 5.24. The molecular weight excluding hydrogens is 282 g/mol. The van der Waals surface area contributed by atoms with Crippen molar-refractivity contribution >= 4 is 28.4 Å². The van der Waals surface area contributed by atoms with Crippen LogP contribution in [-0.4, -0.2) is 5.78 Å². The van der Waals surface area contributed by atoms with Crippen LogP contribution in [0.3, 0.4) is 0 Å². The van der Waals surface area contributed by atoms with Gasteiger partial charge in [0.05, 0.1) is 0 Å². The average Bonchev–Trinajstić information content (AvgIpc) is 2.12. The van der Waals surface area contributed by atoms with Gasteiger partial charge in [-0.25, -0.2) is 4.39 Å². The first kappa shape index (κ1) is 9.12. The predicted octanol–water partition coefficient (Wildman–Crippen LogP) is 2.49. The highest BCUT2D eigenvalue weighted by Gasteiger charge is 2.19. The monoisotopic (exact) mass is 290 g/mol. The third-order valence-corrected chi connectivity index (χ3v) is 3.17. The average molecular weight is 290 g/mol. The zero-order valence-corrected chi connectivity index (χ0v) is 9.10. The molecule has 1 aliphatic carbocycles. The molecule has 3 heteroatoms. The molecule has 0 fully saturated rings. The molecule has 0 atom stereocenters. The summed E-state index contributed by atoms with van der Waals surface area (Å²) in [5.74, 6) is 0.0821. The summed E-state index contributed by atoms with van der Waals surface area (Å²) < 4.78 is 14.1. The lowest BCUT2D eigenvalue weighted by atomic mass is 9.91. The van der Waals surface area contributed by atoms with E-state index in [1.165, 1.54) is 0 Å². The summed E-state index contributed by atoms with van der Waals surface area (Å²) >= 11 is 1.98. The maximum atomic E-state index is 13.5. The quantitative estimate of drug-likeness (QED) is 0.671. The van der Waals surface area contributed by atoms with E-state index in [0.29, 0.717) is 22.8 Å². The van der Waals surface area contributed by atoms with E-state index >= 15 is 0 Å². The zero-order chi connectivity index (χ0) is 9.42. The Morgan fingerprint density at radius 2 is 2.08 bits per heavy atom. The van der Waals surface area contributed by atoms with Gasteiger partial charge in [0.1, 0.15) is 11.6 Å². The minimum Gasteiger partial charge on any atom is -0.299 e. The molecule has 0 aromatic heterocycles. The van der Waals surface area contributed by atoms with Crippen molar-refractivity contribution in [3.63, 3.8) is 0 Å². The number of fused-ring (bicyclic) bond motifs is 1. The Bertz CT molecular complexity index is 373. The molecule has 0 bridgehead atoms. The lowest BCUT2D eigenvalue weighted by Crippen LogP contribution is -2.15. The second kappa shape index (κ2) is 3.36. The van der Waals surface area contributed by atoms with Crippen LogP contribution in [0.4, 0.5) is 4.39 Å². The lowest BCUT2D eigenvalue weighted by molar-refractivity contribution is -0.118. The van der Waals surface area contributed by atoms with Crippen molar-refractivity contribution < 1.29 is 9.18 Å². The number of ketones is 1. The highest BCUT2D eigenvalue weighted by atomic mass is 127. The van der Waals surface area contributed by atoms with Crippen LogP contribution >= 0.6 is 22.6 Å². The van der Waals surface area contributed by atoms with Gasteiger partial charge in [0.2, 0.25) is 0 Å². The minimum absolute atomic E-state index is 0.134. The first-order chi connectivity index (χ1) is 6.18. The predicted molar refractivity (Wildman–Crippen MR) is 56.1 cm³/mol. The summed E-state index contributed by atoms with van der Waals surface area (Å²) in [4.78, 5) is 11.1. The molecule has 1 aromatic carbocycles. The van der Waals surface area contributed by atoms with Crippen molar-refractivity contribution in [1.82, 2.24) is 0 Å². The molecule has 1 aromatic rings. The van der Waals surface area contributed by atoms with Gasteiger partial charge >= 0.3 is 0 Å². The van der Waals surface area contributed by atoms with Crippen LogP contribution in [0.15, 0.2) is 12.1 Å². The van der Waals surface area contributed by atoms with E-state index in [9.17, 15) is 9.18 Å². The number of halogens is 2. The van der Waals surface area contributed by atoms with Gasteiger partial charge < -0.3 is 0 Å². The normalized spacial score (nSPS) is 15.7. The van der Waals surface area contributed by atoms with Gasteiger partial charge in [-0.15, -0.1) is 0 Å². The van der Waals surface area contributed by atoms with E-state index in [2.05, 4.69) is 0 Å². The van der Waals surface area contributed by atoms with E-state index in [4.69, 9.17) is 0 Å². The molecule has 0 heterocycles. The maximum absolute atomic E-state index is 13.5. The molecule has 0 aliphatic heterocycles. The van der Waals surface area contributed by atoms with Crippen LogP contribution in [0.25, 0.3) is 0 Å². The van der Waals surface area contributed by atoms with Crippen LogP contribution in [0.1, 0.15) is 17.5 Å². The Morgan fingerprint density at radius 3 is 2.85 bits per heavy atom. The zero-order valence-electron chi connectivity index (χ0n) is 6.94. The number of carbonyl (C=O) groups is 1. The molecule has 13 heavy (non-hydrogen) atoms. The number of hydrogen-bond donors (Lipinski definition) is 0. The second-order valence-corrected chi connectivity index (χ2v) is 4.38.